The van der Waals surface area contributed by atoms with Crippen molar-refractivity contribution in [1.29, 1.82) is 0 Å². The van der Waals surface area contributed by atoms with Gasteiger partial charge in [-0.3, -0.25) is 14.3 Å². The van der Waals surface area contributed by atoms with Crippen LogP contribution in [0.4, 0.5) is 0 Å². The van der Waals surface area contributed by atoms with Crippen LogP contribution in [0.25, 0.3) is 22.4 Å². The first kappa shape index (κ1) is 23.2. The zero-order chi connectivity index (χ0) is 23.4. The monoisotopic (exact) mass is 439 g/mol. The second-order valence-electron chi connectivity index (χ2n) is 7.76. The molecule has 170 valence electrons. The van der Waals surface area contributed by atoms with Crippen LogP contribution >= 0.6 is 0 Å². The number of aryl methyl sites for hydroxylation is 2. The van der Waals surface area contributed by atoms with Crippen molar-refractivity contribution >= 4 is 22.8 Å². The number of carbonyl (C=O) groups excluding carboxylic acids is 2. The molecule has 2 heterocycles. The van der Waals surface area contributed by atoms with Gasteiger partial charge in [-0.1, -0.05) is 20.8 Å². The smallest absolute Gasteiger partial charge is 0.277 e. The molecule has 3 aromatic rings. The summed E-state index contributed by atoms with van der Waals surface area (Å²) in [6.07, 6.45) is 1.62. The largest absolute Gasteiger partial charge is 0.550 e. The lowest BCUT2D eigenvalue weighted by Gasteiger charge is -2.13. The van der Waals surface area contributed by atoms with Crippen molar-refractivity contribution in [2.45, 2.75) is 53.5 Å². The van der Waals surface area contributed by atoms with Gasteiger partial charge in [0.2, 0.25) is 0 Å². The van der Waals surface area contributed by atoms with Crippen LogP contribution < -0.4 is 15.4 Å². The number of nitrogens with zero attached hydrogens (tertiary/aromatic N) is 3. The number of carbonyl (C=O) groups is 2. The molecule has 0 bridgehead atoms. The van der Waals surface area contributed by atoms with Crippen LogP contribution in [0, 0.1) is 5.92 Å². The van der Waals surface area contributed by atoms with Crippen molar-refractivity contribution in [3.63, 3.8) is 0 Å². The predicted molar refractivity (Wildman–Crippen MR) is 118 cm³/mol. The summed E-state index contributed by atoms with van der Waals surface area (Å²) in [6.45, 7) is 7.65. The maximum absolute atomic E-state index is 13.1. The molecule has 0 radical (unpaired) electrons. The molecule has 1 aromatic carbocycles. The molecule has 0 aliphatic heterocycles. The standard InChI is InChI=1S/C23H28N4O5/c1-5-11-32-18-8-7-15(14(4)28)12-16(18)21-24-19-17(6-2)26-27(20(19)22(29)25-21)10-9-13(3)23(30)31/h7-8,12-13H,5-6,9-11H2,1-4H3,(H,30,31)(H,24,25,29)/p-1. The SMILES string of the molecule is CCCOc1ccc(C(C)=O)cc1-c1nc2c(CC)nn(CCC(C)C(=O)[O-])c2c(=O)[nH]1. The molecular formula is C23H27N4O5-. The summed E-state index contributed by atoms with van der Waals surface area (Å²) in [6, 6.07) is 5.05. The van der Waals surface area contributed by atoms with Gasteiger partial charge in [-0.25, -0.2) is 4.98 Å². The summed E-state index contributed by atoms with van der Waals surface area (Å²) in [5.41, 5.74) is 1.97. The van der Waals surface area contributed by atoms with E-state index in [1.54, 1.807) is 25.1 Å². The van der Waals surface area contributed by atoms with Crippen LogP contribution in [0.1, 0.15) is 56.6 Å². The molecule has 0 aliphatic rings. The zero-order valence-electron chi connectivity index (χ0n) is 18.7. The van der Waals surface area contributed by atoms with E-state index in [4.69, 9.17) is 4.74 Å². The number of fused-ring (bicyclic) bond motifs is 1. The Hall–Kier alpha value is -3.49. The van der Waals surface area contributed by atoms with Gasteiger partial charge < -0.3 is 19.6 Å². The van der Waals surface area contributed by atoms with Crippen LogP contribution in [0.15, 0.2) is 23.0 Å². The fraction of sp³-hybridized carbons (Fsp3) is 0.435. The first-order valence-electron chi connectivity index (χ1n) is 10.8. The molecule has 3 rings (SSSR count). The van der Waals surface area contributed by atoms with Gasteiger partial charge in [-0.05, 0) is 50.3 Å². The zero-order valence-corrected chi connectivity index (χ0v) is 18.7. The number of aliphatic carboxylic acids is 1. The van der Waals surface area contributed by atoms with Crippen molar-refractivity contribution in [3.8, 4) is 17.1 Å². The molecule has 0 amide bonds. The number of hydrogen-bond acceptors (Lipinski definition) is 7. The molecular weight excluding hydrogens is 412 g/mol. The summed E-state index contributed by atoms with van der Waals surface area (Å²) in [4.78, 5) is 43.5. The van der Waals surface area contributed by atoms with Gasteiger partial charge in [0.05, 0.1) is 17.9 Å². The van der Waals surface area contributed by atoms with E-state index in [0.717, 1.165) is 6.42 Å². The van der Waals surface area contributed by atoms with Crippen molar-refractivity contribution in [3.05, 3.63) is 39.8 Å². The van der Waals surface area contributed by atoms with Crippen molar-refractivity contribution in [2.75, 3.05) is 6.61 Å². The number of aromatic nitrogens is 4. The lowest BCUT2D eigenvalue weighted by atomic mass is 10.1. The fourth-order valence-corrected chi connectivity index (χ4v) is 3.38. The number of Topliss-reactive ketones (excluding diaryl/α,β-unsaturated/α-hetero) is 1. The van der Waals surface area contributed by atoms with E-state index in [1.807, 2.05) is 13.8 Å². The Balaban J connectivity index is 2.14. The maximum atomic E-state index is 13.1. The molecule has 1 N–H and O–H groups in total. The average molecular weight is 439 g/mol. The Morgan fingerprint density at radius 2 is 2.03 bits per heavy atom. The first-order chi connectivity index (χ1) is 15.3. The van der Waals surface area contributed by atoms with E-state index < -0.39 is 17.4 Å². The highest BCUT2D eigenvalue weighted by Gasteiger charge is 2.19. The van der Waals surface area contributed by atoms with Gasteiger partial charge in [0.15, 0.2) is 11.3 Å². The average Bonchev–Trinajstić information content (AvgIpc) is 3.13. The number of carboxylic acids is 1. The lowest BCUT2D eigenvalue weighted by Crippen LogP contribution is -2.30. The van der Waals surface area contributed by atoms with Gasteiger partial charge in [-0.2, -0.15) is 5.10 Å². The number of ketones is 1. The lowest BCUT2D eigenvalue weighted by molar-refractivity contribution is -0.311. The number of nitrogens with one attached hydrogen (secondary N) is 1. The van der Waals surface area contributed by atoms with Gasteiger partial charge >= 0.3 is 0 Å². The second kappa shape index (κ2) is 9.76. The molecule has 9 heteroatoms. The van der Waals surface area contributed by atoms with E-state index >= 15 is 0 Å². The third kappa shape index (κ3) is 4.71. The highest BCUT2D eigenvalue weighted by Crippen LogP contribution is 2.30. The minimum atomic E-state index is -1.14. The Kier molecular flexibility index (Phi) is 7.07. The number of aromatic amines is 1. The van der Waals surface area contributed by atoms with Crippen molar-refractivity contribution < 1.29 is 19.4 Å². The van der Waals surface area contributed by atoms with Crippen molar-refractivity contribution in [2.24, 2.45) is 5.92 Å². The molecule has 0 aliphatic carbocycles. The van der Waals surface area contributed by atoms with Crippen molar-refractivity contribution in [1.82, 2.24) is 19.7 Å². The van der Waals surface area contributed by atoms with E-state index in [2.05, 4.69) is 15.1 Å². The molecule has 0 spiro atoms. The van der Waals surface area contributed by atoms with Crippen LogP contribution in [-0.4, -0.2) is 38.1 Å². The number of hydrogen-bond donors (Lipinski definition) is 1. The Labute approximate surface area is 185 Å². The normalized spacial score (nSPS) is 12.1. The number of ether oxygens (including phenoxy) is 1. The second-order valence-corrected chi connectivity index (χ2v) is 7.76. The Bertz CT molecular complexity index is 1210. The third-order valence-corrected chi connectivity index (χ3v) is 5.28. The summed E-state index contributed by atoms with van der Waals surface area (Å²) < 4.78 is 7.32. The number of carboxylic acid groups (broad SMARTS) is 1. The van der Waals surface area contributed by atoms with Crippen LogP contribution in [-0.2, 0) is 17.8 Å². The quantitative estimate of drug-likeness (QED) is 0.479. The predicted octanol–water partition coefficient (Wildman–Crippen LogP) is 2.12. The Morgan fingerprint density at radius 1 is 1.28 bits per heavy atom. The molecule has 0 saturated heterocycles. The fourth-order valence-electron chi connectivity index (χ4n) is 3.38. The number of H-pyrrole nitrogens is 1. The summed E-state index contributed by atoms with van der Waals surface area (Å²) in [5, 5.41) is 15.5. The van der Waals surface area contributed by atoms with E-state index in [1.165, 1.54) is 11.6 Å². The van der Waals surface area contributed by atoms with Gasteiger partial charge in [0.1, 0.15) is 17.1 Å². The highest BCUT2D eigenvalue weighted by molar-refractivity contribution is 5.95. The molecule has 0 fully saturated rings. The number of rotatable bonds is 10. The minimum Gasteiger partial charge on any atom is -0.550 e. The summed E-state index contributed by atoms with van der Waals surface area (Å²) in [5.74, 6) is -1.11. The molecule has 1 unspecified atom stereocenters. The first-order valence-corrected chi connectivity index (χ1v) is 10.8. The van der Waals surface area contributed by atoms with Gasteiger partial charge in [0.25, 0.3) is 5.56 Å². The third-order valence-electron chi connectivity index (χ3n) is 5.28. The van der Waals surface area contributed by atoms with E-state index in [-0.39, 0.29) is 30.1 Å². The minimum absolute atomic E-state index is 0.110. The number of benzene rings is 1. The van der Waals surface area contributed by atoms with Gasteiger partial charge in [0, 0.05) is 18.1 Å². The van der Waals surface area contributed by atoms with Crippen LogP contribution in [0.5, 0.6) is 5.75 Å². The summed E-state index contributed by atoms with van der Waals surface area (Å²) >= 11 is 0. The highest BCUT2D eigenvalue weighted by atomic mass is 16.5. The van der Waals surface area contributed by atoms with Crippen LogP contribution in [0.3, 0.4) is 0 Å². The molecule has 0 saturated carbocycles. The van der Waals surface area contributed by atoms with Crippen LogP contribution in [0.2, 0.25) is 0 Å². The topological polar surface area (TPSA) is 130 Å². The molecule has 2 aromatic heterocycles. The Morgan fingerprint density at radius 3 is 2.66 bits per heavy atom. The summed E-state index contributed by atoms with van der Waals surface area (Å²) in [7, 11) is 0. The molecule has 1 atom stereocenters. The van der Waals surface area contributed by atoms with E-state index in [0.29, 0.717) is 41.1 Å². The maximum Gasteiger partial charge on any atom is 0.277 e. The molecule has 9 nitrogen and oxygen atoms in total. The molecule has 32 heavy (non-hydrogen) atoms. The van der Waals surface area contributed by atoms with Gasteiger partial charge in [-0.15, -0.1) is 0 Å². The van der Waals surface area contributed by atoms with E-state index in [9.17, 15) is 19.5 Å².